The molecule has 374 valence electrons. The predicted molar refractivity (Wildman–Crippen MR) is 252 cm³/mol. The van der Waals surface area contributed by atoms with Gasteiger partial charge in [-0.25, -0.2) is 9.59 Å². The predicted octanol–water partition coefficient (Wildman–Crippen LogP) is 1.49. The van der Waals surface area contributed by atoms with Crippen LogP contribution >= 0.6 is 0 Å². The van der Waals surface area contributed by atoms with Crippen molar-refractivity contribution in [1.29, 1.82) is 0 Å². The second kappa shape index (κ2) is 26.3. The zero-order valence-corrected chi connectivity index (χ0v) is 40.1. The fourth-order valence-corrected chi connectivity index (χ4v) is 7.19. The summed E-state index contributed by atoms with van der Waals surface area (Å²) in [5.74, 6) is -12.3. The molecule has 3 rings (SSSR count). The fraction of sp³-hybridized carbons (Fsp3) is 0.449. The van der Waals surface area contributed by atoms with Gasteiger partial charge in [0.05, 0.1) is 24.0 Å². The summed E-state index contributed by atoms with van der Waals surface area (Å²) in [7, 11) is 2.81. The summed E-state index contributed by atoms with van der Waals surface area (Å²) in [5, 5.41) is 44.8. The van der Waals surface area contributed by atoms with Gasteiger partial charge in [0.15, 0.2) is 0 Å². The number of carbonyl (C=O) groups is 9. The maximum atomic E-state index is 13.8. The van der Waals surface area contributed by atoms with Gasteiger partial charge in [-0.15, -0.1) is 0 Å². The Balaban J connectivity index is 2.03. The highest BCUT2D eigenvalue weighted by molar-refractivity contribution is 6.00. The van der Waals surface area contributed by atoms with Crippen LogP contribution in [0.5, 0.6) is 5.75 Å². The lowest BCUT2D eigenvalue weighted by molar-refractivity contribution is -0.146. The lowest BCUT2D eigenvalue weighted by atomic mass is 9.94. The van der Waals surface area contributed by atoms with E-state index in [-0.39, 0.29) is 24.2 Å². The largest absolute Gasteiger partial charge is 0.508 e. The zero-order chi connectivity index (χ0) is 51.7. The number of aliphatic carboxylic acids is 2. The number of methoxy groups -OCH3 is 1. The summed E-state index contributed by atoms with van der Waals surface area (Å²) in [6.45, 7) is 12.6. The number of hydrogen-bond acceptors (Lipinski definition) is 11. The van der Waals surface area contributed by atoms with Gasteiger partial charge in [0.2, 0.25) is 35.4 Å². The Morgan fingerprint density at radius 3 is 1.96 bits per heavy atom. The van der Waals surface area contributed by atoms with Gasteiger partial charge in [0.1, 0.15) is 41.7 Å². The van der Waals surface area contributed by atoms with Crippen molar-refractivity contribution in [3.05, 3.63) is 102 Å². The first-order chi connectivity index (χ1) is 32.4. The number of phenols is 1. The number of amides is 7. The van der Waals surface area contributed by atoms with Crippen molar-refractivity contribution >= 4 is 53.3 Å². The van der Waals surface area contributed by atoms with E-state index in [0.717, 1.165) is 16.0 Å². The van der Waals surface area contributed by atoms with Gasteiger partial charge in [-0.2, -0.15) is 0 Å². The molecule has 0 saturated carbocycles. The van der Waals surface area contributed by atoms with Crippen LogP contribution in [0.2, 0.25) is 0 Å². The average molecular weight is 960 g/mol. The maximum absolute atomic E-state index is 13.8. The molecule has 2 aromatic rings. The van der Waals surface area contributed by atoms with Crippen LogP contribution in [0.3, 0.4) is 0 Å². The molecule has 1 heterocycles. The van der Waals surface area contributed by atoms with E-state index in [1.54, 1.807) is 20.1 Å². The van der Waals surface area contributed by atoms with Crippen molar-refractivity contribution in [2.75, 3.05) is 14.2 Å². The molecule has 0 bridgehead atoms. The van der Waals surface area contributed by atoms with Gasteiger partial charge in [-0.3, -0.25) is 33.6 Å². The summed E-state index contributed by atoms with van der Waals surface area (Å²) in [5.41, 5.74) is 1.78. The van der Waals surface area contributed by atoms with Gasteiger partial charge >= 0.3 is 11.9 Å². The van der Waals surface area contributed by atoms with Gasteiger partial charge in [0, 0.05) is 32.9 Å². The molecule has 0 aromatic heterocycles. The molecule has 0 aliphatic carbocycles. The minimum Gasteiger partial charge on any atom is -0.508 e. The van der Waals surface area contributed by atoms with Crippen LogP contribution in [-0.4, -0.2) is 130 Å². The van der Waals surface area contributed by atoms with Crippen LogP contribution in [-0.2, 0) is 60.7 Å². The lowest BCUT2D eigenvalue weighted by Gasteiger charge is -2.27. The number of ether oxygens (including phenoxy) is 1. The van der Waals surface area contributed by atoms with E-state index >= 15 is 0 Å². The first kappa shape index (κ1) is 56.0. The van der Waals surface area contributed by atoms with E-state index in [1.807, 2.05) is 43.3 Å². The van der Waals surface area contributed by atoms with Crippen LogP contribution < -0.4 is 31.9 Å². The number of allylic oxidation sites excluding steroid dienone is 2. The molecule has 1 aliphatic rings. The number of phenolic OH excluding ortho intramolecular Hbond substituents is 1. The molecular formula is C49H65N7O13. The quantitative estimate of drug-likeness (QED) is 0.114. The van der Waals surface area contributed by atoms with Crippen molar-refractivity contribution in [2.45, 2.75) is 110 Å². The Bertz CT molecular complexity index is 2270. The topological polar surface area (TPSA) is 299 Å². The number of nitrogens with zero attached hydrogens (tertiary/aromatic N) is 1. The van der Waals surface area contributed by atoms with Gasteiger partial charge < -0.3 is 56.9 Å². The third-order valence-corrected chi connectivity index (χ3v) is 11.8. The molecule has 0 spiro atoms. The number of rotatable bonds is 11. The molecular weight excluding hydrogens is 895 g/mol. The Hall–Kier alpha value is -7.35. The summed E-state index contributed by atoms with van der Waals surface area (Å²) in [4.78, 5) is 121. The van der Waals surface area contributed by atoms with Crippen molar-refractivity contribution in [3.63, 3.8) is 0 Å². The van der Waals surface area contributed by atoms with Gasteiger partial charge in [-0.05, 0) is 56.9 Å². The Morgan fingerprint density at radius 2 is 1.36 bits per heavy atom. The Kier molecular flexibility index (Phi) is 21.3. The second-order valence-electron chi connectivity index (χ2n) is 17.2. The molecule has 20 nitrogen and oxygen atoms in total. The van der Waals surface area contributed by atoms with Crippen LogP contribution in [0.4, 0.5) is 0 Å². The molecule has 20 heteroatoms. The number of benzene rings is 2. The number of likely N-dealkylation sites (N-methyl/N-ethyl adjacent to an activating group) is 1. The van der Waals surface area contributed by atoms with Crippen LogP contribution in [0, 0.1) is 17.8 Å². The number of nitrogens with one attached hydrogen (secondary N) is 6. The van der Waals surface area contributed by atoms with Crippen LogP contribution in [0.1, 0.15) is 65.5 Å². The van der Waals surface area contributed by atoms with Gasteiger partial charge in [-0.1, -0.05) is 93.6 Å². The molecule has 1 saturated heterocycles. The number of carboxylic acid groups (broad SMARTS) is 2. The monoisotopic (exact) mass is 959 g/mol. The van der Waals surface area contributed by atoms with E-state index in [4.69, 9.17) is 4.74 Å². The minimum absolute atomic E-state index is 0.0952. The Morgan fingerprint density at radius 1 is 0.768 bits per heavy atom. The van der Waals surface area contributed by atoms with Crippen molar-refractivity contribution in [1.82, 2.24) is 36.8 Å². The summed E-state index contributed by atoms with van der Waals surface area (Å²) < 4.78 is 5.79. The smallest absolute Gasteiger partial charge is 0.327 e. The number of aromatic hydroxyl groups is 1. The van der Waals surface area contributed by atoms with Gasteiger partial charge in [0.25, 0.3) is 5.91 Å². The molecule has 7 amide bonds. The minimum atomic E-state index is -1.90. The molecule has 10 atom stereocenters. The van der Waals surface area contributed by atoms with E-state index in [9.17, 15) is 58.5 Å². The first-order valence-electron chi connectivity index (χ1n) is 22.4. The average Bonchev–Trinajstić information content (AvgIpc) is 3.31. The second-order valence-corrected chi connectivity index (χ2v) is 17.2. The van der Waals surface area contributed by atoms with Crippen LogP contribution in [0.25, 0.3) is 0 Å². The first-order valence-corrected chi connectivity index (χ1v) is 22.4. The summed E-state index contributed by atoms with van der Waals surface area (Å²) >= 11 is 0. The highest BCUT2D eigenvalue weighted by Crippen LogP contribution is 2.19. The van der Waals surface area contributed by atoms with E-state index in [1.165, 1.54) is 65.1 Å². The van der Waals surface area contributed by atoms with E-state index in [2.05, 4.69) is 38.5 Å². The molecule has 0 unspecified atom stereocenters. The molecule has 1 fully saturated rings. The number of carboxylic acids is 2. The third-order valence-electron chi connectivity index (χ3n) is 11.8. The lowest BCUT2D eigenvalue weighted by Crippen LogP contribution is -2.59. The normalized spacial score (nSPS) is 25.7. The highest BCUT2D eigenvalue weighted by atomic mass is 16.5. The number of carbonyl (C=O) groups excluding carboxylic acids is 7. The summed E-state index contributed by atoms with van der Waals surface area (Å²) in [6, 6.07) is 6.44. The fourth-order valence-electron chi connectivity index (χ4n) is 7.19. The van der Waals surface area contributed by atoms with E-state index in [0.29, 0.717) is 12.0 Å². The Labute approximate surface area is 401 Å². The summed E-state index contributed by atoms with van der Waals surface area (Å²) in [6.07, 6.45) is 4.39. The molecule has 9 N–H and O–H groups in total. The van der Waals surface area contributed by atoms with Crippen molar-refractivity contribution in [3.8, 4) is 5.75 Å². The van der Waals surface area contributed by atoms with Crippen LogP contribution in [0.15, 0.2) is 90.7 Å². The third kappa shape index (κ3) is 17.0. The highest BCUT2D eigenvalue weighted by Gasteiger charge is 2.37. The molecule has 2 aromatic carbocycles. The standard InChI is InChI=1S/C49H65N7O13/c1-26(23-27(2)39(69-9)25-33-13-11-10-12-14-33)15-20-36-28(3)42(59)53-37(48(65)66)21-22-40(58)56(8)32(7)46(63)51-31(6)45(62)54-38(24-34-16-18-35(57)19-17-34)47(64)55-41(49(67)68)29(4)43(60)50-30(5)44(61)52-36/h10-20,23,27-31,36-39,41,57H,7,21-22,24-25H2,1-6,8-9H3,(H,50,60)(H,51,63)(H,52,61)(H,53,59)(H,54,62)(H,55,64)(H,65,66)(H,67,68)/b20-15+,26-23+/t27-,28-,29-,30-,31+,36-,37+,38-,39-,41+/m0/s1. The number of hydrogen-bond donors (Lipinski definition) is 9. The molecule has 1 aliphatic heterocycles. The van der Waals surface area contributed by atoms with E-state index < -0.39 is 120 Å². The zero-order valence-electron chi connectivity index (χ0n) is 40.1. The SMILES string of the molecule is C=C1C(=O)N[C@H](C)C(=O)N[C@@H](Cc2ccc(O)cc2)C(=O)N[C@@H](C(=O)O)[C@H](C)C(=O)N[C@@H](C)C(=O)N[C@@H](/C=C/C(C)=C/[C@H](C)[C@H](Cc2ccccc2)OC)[C@H](C)C(=O)N[C@@H](C(=O)O)CCC(=O)N1C. The molecule has 0 radical (unpaired) electrons. The van der Waals surface area contributed by atoms with Crippen molar-refractivity contribution < 1.29 is 63.2 Å². The van der Waals surface area contributed by atoms with Crippen molar-refractivity contribution in [2.24, 2.45) is 17.8 Å². The maximum Gasteiger partial charge on any atom is 0.327 e. The molecule has 69 heavy (non-hydrogen) atoms.